The van der Waals surface area contributed by atoms with Crippen molar-refractivity contribution < 1.29 is 4.79 Å². The van der Waals surface area contributed by atoms with Crippen molar-refractivity contribution in [3.63, 3.8) is 0 Å². The van der Waals surface area contributed by atoms with Crippen LogP contribution in [0.1, 0.15) is 30.1 Å². The van der Waals surface area contributed by atoms with Crippen LogP contribution < -0.4 is 0 Å². The molecule has 1 N–H and O–H groups in total. The predicted octanol–water partition coefficient (Wildman–Crippen LogP) is 2.86. The molecule has 1 unspecified atom stereocenters. The van der Waals surface area contributed by atoms with Crippen LogP contribution in [0.25, 0.3) is 11.0 Å². The number of hydrogen-bond acceptors (Lipinski definition) is 3. The molecule has 1 fully saturated rings. The second kappa shape index (κ2) is 6.94. The molecule has 2 aromatic heterocycles. The highest BCUT2D eigenvalue weighted by Crippen LogP contribution is 2.21. The van der Waals surface area contributed by atoms with E-state index in [9.17, 15) is 4.79 Å². The highest BCUT2D eigenvalue weighted by atomic mass is 16.2. The van der Waals surface area contributed by atoms with Gasteiger partial charge in [-0.1, -0.05) is 12.1 Å². The lowest BCUT2D eigenvalue weighted by molar-refractivity contribution is -0.133. The van der Waals surface area contributed by atoms with Crippen LogP contribution >= 0.6 is 0 Å². The first kappa shape index (κ1) is 16.8. The van der Waals surface area contributed by atoms with E-state index in [-0.39, 0.29) is 5.91 Å². The average molecular weight is 351 g/mol. The molecule has 6 heteroatoms. The molecule has 136 valence electrons. The molecule has 1 aliphatic rings. The van der Waals surface area contributed by atoms with Crippen molar-refractivity contribution in [1.29, 1.82) is 0 Å². The molecule has 1 amide bonds. The number of amides is 1. The first-order valence-electron chi connectivity index (χ1n) is 9.31. The predicted molar refractivity (Wildman–Crippen MR) is 101 cm³/mol. The summed E-state index contributed by atoms with van der Waals surface area (Å²) in [5, 5.41) is 4.41. The molecule has 0 spiro atoms. The normalized spacial score (nSPS) is 17.8. The number of para-hydroxylation sites is 2. The van der Waals surface area contributed by atoms with E-state index in [2.05, 4.69) is 21.1 Å². The van der Waals surface area contributed by atoms with E-state index in [0.717, 1.165) is 60.6 Å². The molecule has 3 heterocycles. The van der Waals surface area contributed by atoms with E-state index in [4.69, 9.17) is 0 Å². The van der Waals surface area contributed by atoms with Gasteiger partial charge in [0.05, 0.1) is 16.7 Å². The number of fused-ring (bicyclic) bond motifs is 1. The van der Waals surface area contributed by atoms with E-state index in [1.807, 2.05) is 43.0 Å². The standard InChI is InChI=1S/C20H25N5O/c1-14-10-15(2)25(23-14)13-20(26)24-9-5-6-16(12-24)11-19-21-17-7-3-4-8-18(17)22-19/h3-4,7-8,10,16H,5-6,9,11-13H2,1-2H3,(H,21,22). The molecule has 0 saturated carbocycles. The van der Waals surface area contributed by atoms with Crippen LogP contribution in [0, 0.1) is 19.8 Å². The lowest BCUT2D eigenvalue weighted by Crippen LogP contribution is -2.42. The van der Waals surface area contributed by atoms with Gasteiger partial charge in [-0.2, -0.15) is 5.10 Å². The Bertz CT molecular complexity index is 892. The zero-order chi connectivity index (χ0) is 18.1. The zero-order valence-electron chi connectivity index (χ0n) is 15.4. The van der Waals surface area contributed by atoms with Crippen molar-refractivity contribution in [3.8, 4) is 0 Å². The second-order valence-electron chi connectivity index (χ2n) is 7.34. The Labute approximate surface area is 153 Å². The van der Waals surface area contributed by atoms with E-state index >= 15 is 0 Å². The molecular formula is C20H25N5O. The number of aromatic amines is 1. The van der Waals surface area contributed by atoms with Gasteiger partial charge in [-0.3, -0.25) is 9.48 Å². The fourth-order valence-electron chi connectivity index (χ4n) is 3.90. The van der Waals surface area contributed by atoms with Gasteiger partial charge in [0.2, 0.25) is 5.91 Å². The Hall–Kier alpha value is -2.63. The number of likely N-dealkylation sites (tertiary alicyclic amines) is 1. The first-order chi connectivity index (χ1) is 12.6. The van der Waals surface area contributed by atoms with Crippen molar-refractivity contribution in [3.05, 3.63) is 47.5 Å². The molecule has 0 aliphatic carbocycles. The van der Waals surface area contributed by atoms with Gasteiger partial charge < -0.3 is 9.88 Å². The van der Waals surface area contributed by atoms with E-state index in [1.54, 1.807) is 4.68 Å². The second-order valence-corrected chi connectivity index (χ2v) is 7.34. The number of piperidine rings is 1. The lowest BCUT2D eigenvalue weighted by atomic mass is 9.94. The molecule has 6 nitrogen and oxygen atoms in total. The van der Waals surface area contributed by atoms with Crippen LogP contribution in [0.5, 0.6) is 0 Å². The van der Waals surface area contributed by atoms with Crippen LogP contribution in [-0.2, 0) is 17.8 Å². The summed E-state index contributed by atoms with van der Waals surface area (Å²) in [5.74, 6) is 1.63. The van der Waals surface area contributed by atoms with Gasteiger partial charge in [0.1, 0.15) is 12.4 Å². The number of rotatable bonds is 4. The van der Waals surface area contributed by atoms with Crippen LogP contribution in [0.3, 0.4) is 0 Å². The smallest absolute Gasteiger partial charge is 0.244 e. The molecular weight excluding hydrogens is 326 g/mol. The third-order valence-corrected chi connectivity index (χ3v) is 5.18. The van der Waals surface area contributed by atoms with Crippen molar-refractivity contribution in [2.45, 2.75) is 39.7 Å². The van der Waals surface area contributed by atoms with Crippen LogP contribution in [0.2, 0.25) is 0 Å². The number of aromatic nitrogens is 4. The Morgan fingerprint density at radius 1 is 1.31 bits per heavy atom. The van der Waals surface area contributed by atoms with E-state index in [1.165, 1.54) is 0 Å². The summed E-state index contributed by atoms with van der Waals surface area (Å²) in [6.07, 6.45) is 3.08. The van der Waals surface area contributed by atoms with Crippen molar-refractivity contribution >= 4 is 16.9 Å². The number of nitrogens with zero attached hydrogens (tertiary/aromatic N) is 4. The monoisotopic (exact) mass is 351 g/mol. The van der Waals surface area contributed by atoms with Gasteiger partial charge in [0, 0.05) is 25.2 Å². The number of nitrogens with one attached hydrogen (secondary N) is 1. The molecule has 1 aromatic carbocycles. The van der Waals surface area contributed by atoms with Gasteiger partial charge in [-0.25, -0.2) is 4.98 Å². The van der Waals surface area contributed by atoms with Crippen LogP contribution in [0.15, 0.2) is 30.3 Å². The minimum absolute atomic E-state index is 0.158. The number of aryl methyl sites for hydroxylation is 2. The summed E-state index contributed by atoms with van der Waals surface area (Å²) < 4.78 is 1.81. The van der Waals surface area contributed by atoms with E-state index in [0.29, 0.717) is 12.5 Å². The summed E-state index contributed by atoms with van der Waals surface area (Å²) in [6, 6.07) is 10.1. The van der Waals surface area contributed by atoms with Gasteiger partial charge in [0.25, 0.3) is 0 Å². The summed E-state index contributed by atoms with van der Waals surface area (Å²) in [6.45, 7) is 5.92. The van der Waals surface area contributed by atoms with Crippen LogP contribution in [-0.4, -0.2) is 43.6 Å². The maximum absolute atomic E-state index is 12.7. The minimum atomic E-state index is 0.158. The highest BCUT2D eigenvalue weighted by molar-refractivity contribution is 5.76. The maximum Gasteiger partial charge on any atom is 0.244 e. The summed E-state index contributed by atoms with van der Waals surface area (Å²) in [5.41, 5.74) is 4.08. The lowest BCUT2D eigenvalue weighted by Gasteiger charge is -2.32. The molecule has 4 rings (SSSR count). The third-order valence-electron chi connectivity index (χ3n) is 5.18. The van der Waals surface area contributed by atoms with Gasteiger partial charge in [-0.15, -0.1) is 0 Å². The topological polar surface area (TPSA) is 66.8 Å². The van der Waals surface area contributed by atoms with E-state index < -0.39 is 0 Å². The molecule has 0 bridgehead atoms. The number of benzene rings is 1. The number of H-pyrrole nitrogens is 1. The minimum Gasteiger partial charge on any atom is -0.342 e. The Balaban J connectivity index is 1.40. The fourth-order valence-corrected chi connectivity index (χ4v) is 3.90. The third kappa shape index (κ3) is 3.49. The maximum atomic E-state index is 12.7. The average Bonchev–Trinajstić information content (AvgIpc) is 3.17. The number of hydrogen-bond donors (Lipinski definition) is 1. The SMILES string of the molecule is Cc1cc(C)n(CC(=O)N2CCCC(Cc3nc4ccccc4[nH]3)C2)n1. The van der Waals surface area contributed by atoms with Gasteiger partial charge in [-0.05, 0) is 50.8 Å². The van der Waals surface area contributed by atoms with Crippen molar-refractivity contribution in [2.24, 2.45) is 5.92 Å². The Morgan fingerprint density at radius 3 is 2.92 bits per heavy atom. The van der Waals surface area contributed by atoms with Crippen LogP contribution in [0.4, 0.5) is 0 Å². The molecule has 1 saturated heterocycles. The number of carbonyl (C=O) groups is 1. The number of imidazole rings is 1. The molecule has 1 aliphatic heterocycles. The summed E-state index contributed by atoms with van der Waals surface area (Å²) in [4.78, 5) is 22.8. The van der Waals surface area contributed by atoms with Crippen molar-refractivity contribution in [1.82, 2.24) is 24.6 Å². The Kier molecular flexibility index (Phi) is 4.49. The fraction of sp³-hybridized carbons (Fsp3) is 0.450. The number of carbonyl (C=O) groups excluding carboxylic acids is 1. The largest absolute Gasteiger partial charge is 0.342 e. The summed E-state index contributed by atoms with van der Waals surface area (Å²) >= 11 is 0. The molecule has 1 atom stereocenters. The summed E-state index contributed by atoms with van der Waals surface area (Å²) in [7, 11) is 0. The molecule has 0 radical (unpaired) electrons. The molecule has 3 aromatic rings. The zero-order valence-corrected chi connectivity index (χ0v) is 15.4. The van der Waals surface area contributed by atoms with Gasteiger partial charge >= 0.3 is 0 Å². The highest BCUT2D eigenvalue weighted by Gasteiger charge is 2.25. The van der Waals surface area contributed by atoms with Crippen molar-refractivity contribution in [2.75, 3.05) is 13.1 Å². The first-order valence-corrected chi connectivity index (χ1v) is 9.31. The van der Waals surface area contributed by atoms with Gasteiger partial charge in [0.15, 0.2) is 0 Å². The Morgan fingerprint density at radius 2 is 2.15 bits per heavy atom. The quantitative estimate of drug-likeness (QED) is 0.786. The molecule has 26 heavy (non-hydrogen) atoms.